The Labute approximate surface area is 101 Å². The summed E-state index contributed by atoms with van der Waals surface area (Å²) in [5.74, 6) is 4.45. The van der Waals surface area contributed by atoms with Crippen molar-refractivity contribution in [3.63, 3.8) is 0 Å². The molecular formula is C4H19N10O4+. The fraction of sp³-hybridized carbons (Fsp3) is 0. The maximum Gasteiger partial charge on any atom is 0.430 e. The van der Waals surface area contributed by atoms with Gasteiger partial charge in [0, 0.05) is 0 Å². The second-order valence-electron chi connectivity index (χ2n) is 1.95. The van der Waals surface area contributed by atoms with Gasteiger partial charge in [-0.3, -0.25) is 11.2 Å². The molecule has 0 heterocycles. The molecule has 0 radical (unpaired) electrons. The summed E-state index contributed by atoms with van der Waals surface area (Å²) >= 11 is 0. The molecule has 0 bridgehead atoms. The lowest BCUT2D eigenvalue weighted by molar-refractivity contribution is -0.251. The highest BCUT2D eigenvalue weighted by atomic mass is 16.2. The van der Waals surface area contributed by atoms with E-state index in [4.69, 9.17) is 4.79 Å². The van der Waals surface area contributed by atoms with E-state index in [1.54, 1.807) is 5.43 Å². The van der Waals surface area contributed by atoms with E-state index in [2.05, 4.69) is 34.5 Å². The van der Waals surface area contributed by atoms with Gasteiger partial charge in [-0.15, -0.1) is 0 Å². The predicted molar refractivity (Wildman–Crippen MR) is 59.8 cm³/mol. The van der Waals surface area contributed by atoms with Gasteiger partial charge >= 0.3 is 24.1 Å². The third-order valence-corrected chi connectivity index (χ3v) is 0.467. The van der Waals surface area contributed by atoms with Crippen molar-refractivity contribution < 1.29 is 24.9 Å². The lowest BCUT2D eigenvalue weighted by Crippen LogP contribution is -2.66. The first-order valence-corrected chi connectivity index (χ1v) is 3.61. The molecule has 8 amide bonds. The summed E-state index contributed by atoms with van der Waals surface area (Å²) in [6, 6.07) is -2.98. The van der Waals surface area contributed by atoms with Crippen molar-refractivity contribution in [3.05, 3.63) is 0 Å². The Morgan fingerprint density at radius 1 is 0.833 bits per heavy atom. The molecule has 0 aliphatic carbocycles. The molecule has 0 aromatic rings. The Bertz CT molecular complexity index is 249. The van der Waals surface area contributed by atoms with Gasteiger partial charge in [0.2, 0.25) is 0 Å². The van der Waals surface area contributed by atoms with Crippen molar-refractivity contribution in [1.29, 1.82) is 0 Å². The number of amides is 8. The molecule has 0 unspecified atom stereocenters. The van der Waals surface area contributed by atoms with Gasteiger partial charge in [-0.1, -0.05) is 0 Å². The number of rotatable bonds is 0. The second-order valence-corrected chi connectivity index (χ2v) is 1.95. The number of quaternary nitrogens is 1. The van der Waals surface area contributed by atoms with Crippen molar-refractivity contribution >= 4 is 24.1 Å². The van der Waals surface area contributed by atoms with Crippen LogP contribution in [0.25, 0.3) is 0 Å². The minimum atomic E-state index is -0.833. The van der Waals surface area contributed by atoms with E-state index in [9.17, 15) is 14.4 Å². The normalized spacial score (nSPS) is 6.56. The summed E-state index contributed by atoms with van der Waals surface area (Å²) in [6.45, 7) is 0. The summed E-state index contributed by atoms with van der Waals surface area (Å²) < 4.78 is 0. The molecule has 0 spiro atoms. The summed E-state index contributed by atoms with van der Waals surface area (Å²) in [5.41, 5.74) is 25.7. The van der Waals surface area contributed by atoms with E-state index in [1.165, 1.54) is 0 Å². The van der Waals surface area contributed by atoms with Crippen molar-refractivity contribution in [1.82, 2.24) is 22.4 Å². The van der Waals surface area contributed by atoms with Crippen LogP contribution in [0.3, 0.4) is 0 Å². The Hall–Kier alpha value is -2.84. The molecule has 14 nitrogen and oxygen atoms in total. The van der Waals surface area contributed by atoms with Crippen LogP contribution in [-0.2, 0) is 0 Å². The second kappa shape index (κ2) is 16.6. The van der Waals surface area contributed by atoms with Crippen LogP contribution < -0.4 is 56.9 Å². The Kier molecular flexibility index (Phi) is 22.5. The van der Waals surface area contributed by atoms with Gasteiger partial charge in [0.1, 0.15) is 0 Å². The van der Waals surface area contributed by atoms with Crippen molar-refractivity contribution in [2.75, 3.05) is 0 Å². The smallest absolute Gasteiger partial charge is 0.352 e. The summed E-state index contributed by atoms with van der Waals surface area (Å²) in [4.78, 5) is 38.0. The molecular weight excluding hydrogens is 252 g/mol. The highest BCUT2D eigenvalue weighted by molar-refractivity contribution is 5.74. The topological polar surface area (TPSA) is 297 Å². The summed E-state index contributed by atoms with van der Waals surface area (Å²) in [6.07, 6.45) is 0. The van der Waals surface area contributed by atoms with Crippen LogP contribution >= 0.6 is 0 Å². The molecule has 0 atom stereocenters. The monoisotopic (exact) mass is 271 g/mol. The molecule has 0 aromatic carbocycles. The molecule has 0 saturated heterocycles. The number of hydrogen-bond acceptors (Lipinski definition) is 6. The number of hydrazine groups is 2. The zero-order valence-corrected chi connectivity index (χ0v) is 9.43. The van der Waals surface area contributed by atoms with Crippen LogP contribution in [-0.4, -0.2) is 24.1 Å². The van der Waals surface area contributed by atoms with Crippen LogP contribution in [0.15, 0.2) is 0 Å². The maximum absolute atomic E-state index is 9.86. The zero-order valence-electron chi connectivity index (χ0n) is 9.43. The van der Waals surface area contributed by atoms with E-state index in [-0.39, 0.29) is 6.15 Å². The fourth-order valence-electron chi connectivity index (χ4n) is 0.131. The Morgan fingerprint density at radius 3 is 1.17 bits per heavy atom. The van der Waals surface area contributed by atoms with E-state index in [0.717, 1.165) is 0 Å². The molecule has 18 heavy (non-hydrogen) atoms. The molecule has 108 valence electrons. The van der Waals surface area contributed by atoms with Gasteiger partial charge < -0.3 is 29.1 Å². The van der Waals surface area contributed by atoms with Gasteiger partial charge in [0.25, 0.3) is 0 Å². The summed E-state index contributed by atoms with van der Waals surface area (Å²) in [5, 5.41) is 0. The van der Waals surface area contributed by atoms with Gasteiger partial charge in [0.15, 0.2) is 0 Å². The van der Waals surface area contributed by atoms with E-state index in [0.29, 0.717) is 0 Å². The number of carbonyl (C=O) groups is 4. The lowest BCUT2D eigenvalue weighted by atomic mass is 11.1. The maximum atomic E-state index is 9.86. The average Bonchev–Trinajstić information content (AvgIpc) is 2.14. The Morgan fingerprint density at radius 2 is 1.11 bits per heavy atom. The lowest BCUT2D eigenvalue weighted by Gasteiger charge is -1.94. The highest BCUT2D eigenvalue weighted by Crippen LogP contribution is 1.46. The number of nitrogens with one attached hydrogen (secondary N) is 3. The number of hydrogen-bond donors (Lipinski definition) is 10. The van der Waals surface area contributed by atoms with E-state index in [1.807, 2.05) is 10.9 Å². The highest BCUT2D eigenvalue weighted by Gasteiger charge is 1.93. The standard InChI is InChI=1S/C2H6N4O2.CH5N3O.CH4N2O.H3N/c3-1(7)5-6-2(4)8;2-1(5)4-3;2-1(3)4;/h(H3,3,5,7)(H3,4,6,8);3H2,(H3,2,4,5);(H4,2,3,4);1H3/p+1. The molecule has 0 aromatic heterocycles. The first kappa shape index (κ1) is 24.4. The van der Waals surface area contributed by atoms with Crippen molar-refractivity contribution in [2.45, 2.75) is 0 Å². The number of primary amides is 4. The quantitative estimate of drug-likeness (QED) is 0.117. The summed E-state index contributed by atoms with van der Waals surface area (Å²) in [7, 11) is 0. The fourth-order valence-corrected chi connectivity index (χ4v) is 0.131. The van der Waals surface area contributed by atoms with E-state index < -0.39 is 24.1 Å². The van der Waals surface area contributed by atoms with Crippen LogP contribution in [0.5, 0.6) is 0 Å². The largest absolute Gasteiger partial charge is 0.430 e. The van der Waals surface area contributed by atoms with Gasteiger partial charge in [-0.25, -0.2) is 35.9 Å². The van der Waals surface area contributed by atoms with Gasteiger partial charge in [-0.05, 0) is 0 Å². The van der Waals surface area contributed by atoms with Gasteiger partial charge in [-0.2, -0.15) is 0 Å². The Balaban J connectivity index is -0.0000000855. The first-order chi connectivity index (χ1) is 7.63. The molecule has 0 aliphatic rings. The average molecular weight is 271 g/mol. The molecule has 0 aliphatic heterocycles. The van der Waals surface area contributed by atoms with Gasteiger partial charge in [0.05, 0.1) is 0 Å². The molecule has 19 N–H and O–H groups in total. The van der Waals surface area contributed by atoms with E-state index >= 15 is 0 Å². The van der Waals surface area contributed by atoms with Crippen LogP contribution in [0.4, 0.5) is 19.2 Å². The molecule has 0 fully saturated rings. The SMILES string of the molecule is N.NC(=O)NNC([NH3+])=O.NC(N)=O.NNC(N)=O. The molecule has 14 heteroatoms. The molecule has 0 saturated carbocycles. The predicted octanol–water partition coefficient (Wildman–Crippen LogP) is -4.76. The number of urea groups is 4. The van der Waals surface area contributed by atoms with Crippen LogP contribution in [0.2, 0.25) is 0 Å². The number of nitrogens with two attached hydrogens (primary N) is 5. The minimum Gasteiger partial charge on any atom is -0.352 e. The molecule has 0 rings (SSSR count). The van der Waals surface area contributed by atoms with Crippen molar-refractivity contribution in [3.8, 4) is 0 Å². The minimum absolute atomic E-state index is 0. The van der Waals surface area contributed by atoms with Crippen LogP contribution in [0.1, 0.15) is 0 Å². The van der Waals surface area contributed by atoms with Crippen LogP contribution in [0, 0.1) is 0 Å². The third kappa shape index (κ3) is 112. The third-order valence-electron chi connectivity index (χ3n) is 0.467. The van der Waals surface area contributed by atoms with Crippen molar-refractivity contribution in [2.24, 2.45) is 28.8 Å². The number of carbonyl (C=O) groups excluding carboxylic acids is 4. The zero-order chi connectivity index (χ0) is 14.4. The first-order valence-electron chi connectivity index (χ1n) is 3.61.